The van der Waals surface area contributed by atoms with Crippen LogP contribution in [-0.2, 0) is 24.7 Å². The standard InChI is InChI=1S/C18H18BrN5OS/c1-24-16(10-7-13-5-3-2-4-6-13)22-23-18(24)26-12-17(25)21-15-9-8-14(19)11-20-15/h2-6,8-9,11H,7,10,12H2,1H3,(H,20,21,25). The number of hydrogen-bond acceptors (Lipinski definition) is 5. The molecule has 0 fully saturated rings. The number of nitrogens with one attached hydrogen (secondary N) is 1. The number of pyridine rings is 1. The van der Waals surface area contributed by atoms with Crippen molar-refractivity contribution in [2.45, 2.75) is 18.0 Å². The van der Waals surface area contributed by atoms with Crippen LogP contribution in [0.1, 0.15) is 11.4 Å². The fourth-order valence-corrected chi connectivity index (χ4v) is 3.31. The number of rotatable bonds is 7. The van der Waals surface area contributed by atoms with Gasteiger partial charge in [0.25, 0.3) is 0 Å². The summed E-state index contributed by atoms with van der Waals surface area (Å²) in [6.07, 6.45) is 3.36. The fraction of sp³-hybridized carbons (Fsp3) is 0.222. The molecule has 0 aliphatic carbocycles. The Kier molecular flexibility index (Phi) is 6.40. The molecule has 26 heavy (non-hydrogen) atoms. The van der Waals surface area contributed by atoms with E-state index in [-0.39, 0.29) is 11.7 Å². The van der Waals surface area contributed by atoms with E-state index >= 15 is 0 Å². The SMILES string of the molecule is Cn1c(CCc2ccccc2)nnc1SCC(=O)Nc1ccc(Br)cn1. The molecule has 6 nitrogen and oxygen atoms in total. The number of halogens is 1. The first-order valence-corrected chi connectivity index (χ1v) is 9.86. The average Bonchev–Trinajstić information content (AvgIpc) is 3.01. The van der Waals surface area contributed by atoms with Crippen LogP contribution < -0.4 is 5.32 Å². The molecular formula is C18H18BrN5OS. The molecule has 1 amide bonds. The van der Waals surface area contributed by atoms with Crippen molar-refractivity contribution in [3.8, 4) is 0 Å². The van der Waals surface area contributed by atoms with Gasteiger partial charge in [0.05, 0.1) is 5.75 Å². The van der Waals surface area contributed by atoms with Gasteiger partial charge in [-0.2, -0.15) is 0 Å². The lowest BCUT2D eigenvalue weighted by atomic mass is 10.1. The van der Waals surface area contributed by atoms with Gasteiger partial charge in [-0.1, -0.05) is 42.1 Å². The summed E-state index contributed by atoms with van der Waals surface area (Å²) in [6.45, 7) is 0. The lowest BCUT2D eigenvalue weighted by Crippen LogP contribution is -2.15. The van der Waals surface area contributed by atoms with Crippen molar-refractivity contribution in [3.63, 3.8) is 0 Å². The lowest BCUT2D eigenvalue weighted by Gasteiger charge is -2.05. The summed E-state index contributed by atoms with van der Waals surface area (Å²) in [5.41, 5.74) is 1.27. The number of hydrogen-bond donors (Lipinski definition) is 1. The van der Waals surface area contributed by atoms with E-state index in [1.807, 2.05) is 35.9 Å². The van der Waals surface area contributed by atoms with Gasteiger partial charge in [-0.25, -0.2) is 4.98 Å². The number of nitrogens with zero attached hydrogens (tertiary/aromatic N) is 4. The molecular weight excluding hydrogens is 414 g/mol. The van der Waals surface area contributed by atoms with Crippen LogP contribution in [0.5, 0.6) is 0 Å². The molecule has 0 radical (unpaired) electrons. The number of thioether (sulfide) groups is 1. The quantitative estimate of drug-likeness (QED) is 0.579. The highest BCUT2D eigenvalue weighted by Crippen LogP contribution is 2.17. The maximum absolute atomic E-state index is 12.1. The van der Waals surface area contributed by atoms with E-state index in [4.69, 9.17) is 0 Å². The van der Waals surface area contributed by atoms with Gasteiger partial charge < -0.3 is 9.88 Å². The monoisotopic (exact) mass is 431 g/mol. The minimum Gasteiger partial charge on any atom is -0.310 e. The molecule has 3 aromatic rings. The van der Waals surface area contributed by atoms with Crippen LogP contribution in [-0.4, -0.2) is 31.4 Å². The van der Waals surface area contributed by atoms with Crippen molar-refractivity contribution in [1.29, 1.82) is 0 Å². The number of aryl methyl sites for hydroxylation is 2. The molecule has 2 heterocycles. The Balaban J connectivity index is 1.51. The Morgan fingerprint density at radius 1 is 1.15 bits per heavy atom. The Bertz CT molecular complexity index is 867. The molecule has 134 valence electrons. The highest BCUT2D eigenvalue weighted by Gasteiger charge is 2.12. The molecule has 3 rings (SSSR count). The molecule has 0 aliphatic rings. The first-order valence-electron chi connectivity index (χ1n) is 8.08. The lowest BCUT2D eigenvalue weighted by molar-refractivity contribution is -0.113. The number of aromatic nitrogens is 4. The van der Waals surface area contributed by atoms with Gasteiger partial charge in [0, 0.05) is 24.1 Å². The van der Waals surface area contributed by atoms with Gasteiger partial charge in [-0.05, 0) is 40.0 Å². The van der Waals surface area contributed by atoms with Crippen molar-refractivity contribution < 1.29 is 4.79 Å². The topological polar surface area (TPSA) is 72.7 Å². The summed E-state index contributed by atoms with van der Waals surface area (Å²) >= 11 is 4.67. The van der Waals surface area contributed by atoms with Gasteiger partial charge in [0.1, 0.15) is 11.6 Å². The van der Waals surface area contributed by atoms with Crippen LogP contribution in [0, 0.1) is 0 Å². The van der Waals surface area contributed by atoms with Crippen molar-refractivity contribution in [1.82, 2.24) is 19.7 Å². The molecule has 0 unspecified atom stereocenters. The van der Waals surface area contributed by atoms with Crippen LogP contribution in [0.3, 0.4) is 0 Å². The van der Waals surface area contributed by atoms with Crippen molar-refractivity contribution in [2.75, 3.05) is 11.1 Å². The Morgan fingerprint density at radius 3 is 2.69 bits per heavy atom. The summed E-state index contributed by atoms with van der Waals surface area (Å²) in [7, 11) is 1.93. The van der Waals surface area contributed by atoms with Crippen LogP contribution in [0.4, 0.5) is 5.82 Å². The van der Waals surface area contributed by atoms with Gasteiger partial charge in [-0.3, -0.25) is 4.79 Å². The molecule has 0 saturated carbocycles. The maximum atomic E-state index is 12.1. The number of carbonyl (C=O) groups is 1. The molecule has 8 heteroatoms. The second-order valence-corrected chi connectivity index (χ2v) is 7.50. The Hall–Kier alpha value is -2.19. The zero-order valence-corrected chi connectivity index (χ0v) is 16.6. The summed E-state index contributed by atoms with van der Waals surface area (Å²) < 4.78 is 2.81. The third-order valence-corrected chi connectivity index (χ3v) is 5.22. The zero-order valence-electron chi connectivity index (χ0n) is 14.2. The smallest absolute Gasteiger partial charge is 0.236 e. The predicted molar refractivity (Wildman–Crippen MR) is 106 cm³/mol. The molecule has 2 aromatic heterocycles. The summed E-state index contributed by atoms with van der Waals surface area (Å²) in [5.74, 6) is 1.56. The van der Waals surface area contributed by atoms with Crippen molar-refractivity contribution in [2.24, 2.45) is 7.05 Å². The van der Waals surface area contributed by atoms with Gasteiger partial charge in [-0.15, -0.1) is 10.2 Å². The van der Waals surface area contributed by atoms with Gasteiger partial charge in [0.2, 0.25) is 5.91 Å². The molecule has 0 saturated heterocycles. The van der Waals surface area contributed by atoms with E-state index in [9.17, 15) is 4.79 Å². The average molecular weight is 432 g/mol. The number of benzene rings is 1. The van der Waals surface area contributed by atoms with E-state index in [1.54, 1.807) is 12.3 Å². The largest absolute Gasteiger partial charge is 0.310 e. The highest BCUT2D eigenvalue weighted by atomic mass is 79.9. The summed E-state index contributed by atoms with van der Waals surface area (Å²) in [6, 6.07) is 13.9. The summed E-state index contributed by atoms with van der Waals surface area (Å²) in [5, 5.41) is 11.9. The second kappa shape index (κ2) is 8.95. The molecule has 1 aromatic carbocycles. The normalized spacial score (nSPS) is 10.7. The number of anilines is 1. The molecule has 0 spiro atoms. The molecule has 0 atom stereocenters. The third kappa shape index (κ3) is 5.15. The number of carbonyl (C=O) groups excluding carboxylic acids is 1. The van der Waals surface area contributed by atoms with Crippen molar-refractivity contribution in [3.05, 3.63) is 64.5 Å². The first-order chi connectivity index (χ1) is 12.6. The van der Waals surface area contributed by atoms with E-state index < -0.39 is 0 Å². The second-order valence-electron chi connectivity index (χ2n) is 5.64. The van der Waals surface area contributed by atoms with Crippen LogP contribution in [0.2, 0.25) is 0 Å². The predicted octanol–water partition coefficient (Wildman–Crippen LogP) is 3.49. The van der Waals surface area contributed by atoms with E-state index in [0.717, 1.165) is 28.3 Å². The molecule has 0 bridgehead atoms. The van der Waals surface area contributed by atoms with Crippen LogP contribution >= 0.6 is 27.7 Å². The highest BCUT2D eigenvalue weighted by molar-refractivity contribution is 9.10. The minimum absolute atomic E-state index is 0.126. The first kappa shape index (κ1) is 18.6. The molecule has 0 aliphatic heterocycles. The van der Waals surface area contributed by atoms with Crippen LogP contribution in [0.25, 0.3) is 0 Å². The Morgan fingerprint density at radius 2 is 1.96 bits per heavy atom. The fourth-order valence-electron chi connectivity index (χ4n) is 2.35. The number of amides is 1. The zero-order chi connectivity index (χ0) is 18.4. The third-order valence-electron chi connectivity index (χ3n) is 3.73. The van der Waals surface area contributed by atoms with Crippen molar-refractivity contribution >= 4 is 39.4 Å². The van der Waals surface area contributed by atoms with E-state index in [0.29, 0.717) is 5.82 Å². The minimum atomic E-state index is -0.126. The van der Waals surface area contributed by atoms with E-state index in [1.165, 1.54) is 17.3 Å². The van der Waals surface area contributed by atoms with Gasteiger partial charge in [0.15, 0.2) is 5.16 Å². The summed E-state index contributed by atoms with van der Waals surface area (Å²) in [4.78, 5) is 16.2. The van der Waals surface area contributed by atoms with E-state index in [2.05, 4.69) is 48.6 Å². The molecule has 1 N–H and O–H groups in total. The van der Waals surface area contributed by atoms with Crippen LogP contribution in [0.15, 0.2) is 58.3 Å². The van der Waals surface area contributed by atoms with Gasteiger partial charge >= 0.3 is 0 Å². The Labute approximate surface area is 164 Å². The maximum Gasteiger partial charge on any atom is 0.236 e.